The Morgan fingerprint density at radius 2 is 1.79 bits per heavy atom. The van der Waals surface area contributed by atoms with Crippen LogP contribution in [0.25, 0.3) is 0 Å². The molecule has 1 fully saturated rings. The fraction of sp³-hybridized carbons (Fsp3) is 0.278. The fourth-order valence-electron chi connectivity index (χ4n) is 2.64. The molecule has 126 valence electrons. The first-order valence-corrected chi connectivity index (χ1v) is 7.72. The van der Waals surface area contributed by atoms with E-state index in [2.05, 4.69) is 18.5 Å². The highest BCUT2D eigenvalue weighted by Gasteiger charge is 2.29. The predicted molar refractivity (Wildman–Crippen MR) is 92.5 cm³/mol. The minimum atomic E-state index is -0.300. The summed E-state index contributed by atoms with van der Waals surface area (Å²) in [6, 6.07) is 6.63. The van der Waals surface area contributed by atoms with E-state index < -0.39 is 0 Å². The molecule has 3 amide bonds. The first-order chi connectivity index (χ1) is 11.5. The lowest BCUT2D eigenvalue weighted by Gasteiger charge is -2.39. The molecular weight excluding hydrogens is 306 g/mol. The van der Waals surface area contributed by atoms with Crippen LogP contribution < -0.4 is 5.32 Å². The Bertz CT molecular complexity index is 667. The van der Waals surface area contributed by atoms with Gasteiger partial charge in [-0.25, -0.2) is 0 Å². The third kappa shape index (κ3) is 3.90. The Hall–Kier alpha value is -2.89. The lowest BCUT2D eigenvalue weighted by molar-refractivity contribution is -0.128. The number of hydrogen-bond acceptors (Lipinski definition) is 3. The largest absolute Gasteiger partial charge is 0.335 e. The molecule has 0 saturated carbocycles. The molecule has 1 atom stereocenters. The van der Waals surface area contributed by atoms with E-state index in [0.29, 0.717) is 30.9 Å². The number of amides is 3. The van der Waals surface area contributed by atoms with Crippen LogP contribution in [0.2, 0.25) is 0 Å². The van der Waals surface area contributed by atoms with Crippen molar-refractivity contribution in [3.05, 3.63) is 55.1 Å². The Kier molecular flexibility index (Phi) is 5.52. The van der Waals surface area contributed by atoms with Gasteiger partial charge in [0.2, 0.25) is 11.8 Å². The molecule has 6 nitrogen and oxygen atoms in total. The Morgan fingerprint density at radius 1 is 1.12 bits per heavy atom. The van der Waals surface area contributed by atoms with Gasteiger partial charge in [0.1, 0.15) is 0 Å². The molecule has 1 N–H and O–H groups in total. The van der Waals surface area contributed by atoms with E-state index in [0.717, 1.165) is 0 Å². The van der Waals surface area contributed by atoms with Gasteiger partial charge in [0.05, 0.1) is 0 Å². The van der Waals surface area contributed by atoms with Crippen LogP contribution in [0.1, 0.15) is 17.3 Å². The summed E-state index contributed by atoms with van der Waals surface area (Å²) >= 11 is 0. The highest BCUT2D eigenvalue weighted by molar-refractivity contribution is 6.00. The third-order valence-electron chi connectivity index (χ3n) is 3.96. The van der Waals surface area contributed by atoms with E-state index >= 15 is 0 Å². The van der Waals surface area contributed by atoms with Crippen LogP contribution >= 0.6 is 0 Å². The topological polar surface area (TPSA) is 69.7 Å². The van der Waals surface area contributed by atoms with E-state index in [1.165, 1.54) is 12.2 Å². The minimum Gasteiger partial charge on any atom is -0.335 e. The highest BCUT2D eigenvalue weighted by Crippen LogP contribution is 2.16. The first kappa shape index (κ1) is 17.5. The molecule has 1 saturated heterocycles. The van der Waals surface area contributed by atoms with Gasteiger partial charge in [-0.2, -0.15) is 0 Å². The molecule has 0 unspecified atom stereocenters. The second-order valence-electron chi connectivity index (χ2n) is 5.61. The SMILES string of the molecule is C=CC(=O)Nc1ccc(C(=O)N2CCN(C(=O)C=C)C[C@@H]2C)cc1. The van der Waals surface area contributed by atoms with Gasteiger partial charge in [-0.1, -0.05) is 13.2 Å². The summed E-state index contributed by atoms with van der Waals surface area (Å²) in [7, 11) is 0. The number of hydrogen-bond donors (Lipinski definition) is 1. The normalized spacial score (nSPS) is 17.1. The van der Waals surface area contributed by atoms with Crippen molar-refractivity contribution in [1.29, 1.82) is 0 Å². The average Bonchev–Trinajstić information content (AvgIpc) is 2.60. The van der Waals surface area contributed by atoms with Gasteiger partial charge in [0.15, 0.2) is 0 Å². The van der Waals surface area contributed by atoms with Gasteiger partial charge < -0.3 is 15.1 Å². The van der Waals surface area contributed by atoms with E-state index in [1.54, 1.807) is 34.1 Å². The van der Waals surface area contributed by atoms with Crippen molar-refractivity contribution >= 4 is 23.4 Å². The second-order valence-corrected chi connectivity index (χ2v) is 5.61. The molecule has 1 heterocycles. The molecule has 1 aliphatic rings. The zero-order valence-electron chi connectivity index (χ0n) is 13.7. The molecule has 1 aromatic carbocycles. The summed E-state index contributed by atoms with van der Waals surface area (Å²) in [6.45, 7) is 10.3. The number of nitrogens with one attached hydrogen (secondary N) is 1. The van der Waals surface area contributed by atoms with Gasteiger partial charge in [0.25, 0.3) is 5.91 Å². The smallest absolute Gasteiger partial charge is 0.254 e. The zero-order valence-corrected chi connectivity index (χ0v) is 13.7. The maximum absolute atomic E-state index is 12.6. The molecule has 2 rings (SSSR count). The van der Waals surface area contributed by atoms with Gasteiger partial charge in [-0.3, -0.25) is 14.4 Å². The molecule has 24 heavy (non-hydrogen) atoms. The second kappa shape index (κ2) is 7.59. The maximum atomic E-state index is 12.6. The molecule has 1 aliphatic heterocycles. The van der Waals surface area contributed by atoms with Crippen LogP contribution in [0.4, 0.5) is 5.69 Å². The number of carbonyl (C=O) groups excluding carboxylic acids is 3. The number of piperazine rings is 1. The van der Waals surface area contributed by atoms with Crippen molar-refractivity contribution in [2.75, 3.05) is 25.0 Å². The molecule has 0 aromatic heterocycles. The molecule has 0 spiro atoms. The monoisotopic (exact) mass is 327 g/mol. The van der Waals surface area contributed by atoms with E-state index in [4.69, 9.17) is 0 Å². The molecule has 0 radical (unpaired) electrons. The number of rotatable bonds is 4. The first-order valence-electron chi connectivity index (χ1n) is 7.72. The molecular formula is C18H21N3O3. The van der Waals surface area contributed by atoms with Crippen molar-refractivity contribution in [2.45, 2.75) is 13.0 Å². The lowest BCUT2D eigenvalue weighted by atomic mass is 10.1. The lowest BCUT2D eigenvalue weighted by Crippen LogP contribution is -2.55. The summed E-state index contributed by atoms with van der Waals surface area (Å²) in [5, 5.41) is 2.64. The number of carbonyl (C=O) groups is 3. The summed E-state index contributed by atoms with van der Waals surface area (Å²) < 4.78 is 0. The van der Waals surface area contributed by atoms with Crippen LogP contribution in [0, 0.1) is 0 Å². The van der Waals surface area contributed by atoms with Crippen molar-refractivity contribution in [3.63, 3.8) is 0 Å². The van der Waals surface area contributed by atoms with E-state index in [-0.39, 0.29) is 23.8 Å². The van der Waals surface area contributed by atoms with Crippen molar-refractivity contribution in [1.82, 2.24) is 9.80 Å². The van der Waals surface area contributed by atoms with Gasteiger partial charge in [-0.05, 0) is 43.3 Å². The summed E-state index contributed by atoms with van der Waals surface area (Å²) in [6.07, 6.45) is 2.48. The molecule has 0 bridgehead atoms. The van der Waals surface area contributed by atoms with Gasteiger partial charge in [0, 0.05) is 36.9 Å². The van der Waals surface area contributed by atoms with Crippen LogP contribution in [-0.2, 0) is 9.59 Å². The van der Waals surface area contributed by atoms with Crippen LogP contribution in [-0.4, -0.2) is 53.2 Å². The minimum absolute atomic E-state index is 0.0738. The van der Waals surface area contributed by atoms with Crippen molar-refractivity contribution in [2.24, 2.45) is 0 Å². The Labute approximate surface area is 141 Å². The van der Waals surface area contributed by atoms with Crippen molar-refractivity contribution < 1.29 is 14.4 Å². The van der Waals surface area contributed by atoms with E-state index in [9.17, 15) is 14.4 Å². The summed E-state index contributed by atoms with van der Waals surface area (Å²) in [5.41, 5.74) is 1.15. The highest BCUT2D eigenvalue weighted by atomic mass is 16.2. The van der Waals surface area contributed by atoms with Gasteiger partial charge in [-0.15, -0.1) is 0 Å². The van der Waals surface area contributed by atoms with E-state index in [1.807, 2.05) is 6.92 Å². The Balaban J connectivity index is 2.04. The van der Waals surface area contributed by atoms with Crippen LogP contribution in [0.5, 0.6) is 0 Å². The summed E-state index contributed by atoms with van der Waals surface area (Å²) in [4.78, 5) is 39.0. The van der Waals surface area contributed by atoms with Crippen LogP contribution in [0.3, 0.4) is 0 Å². The molecule has 0 aliphatic carbocycles. The Morgan fingerprint density at radius 3 is 2.33 bits per heavy atom. The van der Waals surface area contributed by atoms with Crippen molar-refractivity contribution in [3.8, 4) is 0 Å². The third-order valence-corrected chi connectivity index (χ3v) is 3.96. The molecule has 6 heteroatoms. The zero-order chi connectivity index (χ0) is 17.7. The number of anilines is 1. The number of nitrogens with zero attached hydrogens (tertiary/aromatic N) is 2. The fourth-order valence-corrected chi connectivity index (χ4v) is 2.64. The van der Waals surface area contributed by atoms with Gasteiger partial charge >= 0.3 is 0 Å². The summed E-state index contributed by atoms with van der Waals surface area (Å²) in [5.74, 6) is -0.503. The predicted octanol–water partition coefficient (Wildman–Crippen LogP) is 1.67. The van der Waals surface area contributed by atoms with Crippen LogP contribution in [0.15, 0.2) is 49.6 Å². The quantitative estimate of drug-likeness (QED) is 0.855. The average molecular weight is 327 g/mol. The maximum Gasteiger partial charge on any atom is 0.254 e. The molecule has 1 aromatic rings. The standard InChI is InChI=1S/C18H21N3O3/c1-4-16(22)19-15-8-6-14(7-9-15)18(24)21-11-10-20(12-13(21)3)17(23)5-2/h4-9,13H,1-2,10-12H2,3H3,(H,19,22)/t13-/m0/s1. The number of benzene rings is 1.